The van der Waals surface area contributed by atoms with Crippen LogP contribution in [0.5, 0.6) is 0 Å². The number of hydrogen-bond donors (Lipinski definition) is 4. The summed E-state index contributed by atoms with van der Waals surface area (Å²) >= 11 is 0. The van der Waals surface area contributed by atoms with Crippen LogP contribution in [0.3, 0.4) is 0 Å². The minimum absolute atomic E-state index is 0.178. The molecule has 1 aromatic carbocycles. The number of primary sulfonamides is 1. The highest BCUT2D eigenvalue weighted by Gasteiger charge is 2.16. The van der Waals surface area contributed by atoms with Crippen LogP contribution in [-0.2, 0) is 14.8 Å². The third kappa shape index (κ3) is 5.31. The second-order valence-corrected chi connectivity index (χ2v) is 5.94. The molecule has 0 radical (unpaired) electrons. The molecule has 0 saturated heterocycles. The van der Waals surface area contributed by atoms with Crippen molar-refractivity contribution in [2.45, 2.75) is 17.4 Å². The lowest BCUT2D eigenvalue weighted by Gasteiger charge is -2.13. The summed E-state index contributed by atoms with van der Waals surface area (Å²) in [7, 11) is -2.50. The Morgan fingerprint density at radius 3 is 2.67 bits per heavy atom. The molecule has 0 amide bonds. The van der Waals surface area contributed by atoms with Gasteiger partial charge in [-0.25, -0.2) is 18.4 Å². The predicted molar refractivity (Wildman–Crippen MR) is 75.8 cm³/mol. The Hall–Kier alpha value is -1.68. The van der Waals surface area contributed by atoms with Gasteiger partial charge in [-0.2, -0.15) is 0 Å². The molecule has 0 bridgehead atoms. The van der Waals surface area contributed by atoms with Crippen molar-refractivity contribution in [3.63, 3.8) is 0 Å². The van der Waals surface area contributed by atoms with Gasteiger partial charge in [-0.05, 0) is 24.6 Å². The lowest BCUT2D eigenvalue weighted by Crippen LogP contribution is -2.19. The summed E-state index contributed by atoms with van der Waals surface area (Å²) in [4.78, 5) is 10.9. The number of sulfonamides is 1. The molecule has 0 aliphatic carbocycles. The highest BCUT2D eigenvalue weighted by molar-refractivity contribution is 7.89. The highest BCUT2D eigenvalue weighted by Crippen LogP contribution is 2.20. The number of nitrogens with two attached hydrogens (primary N) is 1. The Morgan fingerprint density at radius 2 is 2.14 bits per heavy atom. The van der Waals surface area contributed by atoms with Crippen molar-refractivity contribution in [3.8, 4) is 0 Å². The summed E-state index contributed by atoms with van der Waals surface area (Å²) in [6.07, 6.45) is -0.316. The van der Waals surface area contributed by atoms with Crippen LogP contribution in [0.2, 0.25) is 0 Å². The number of carbonyl (C=O) groups is 1. The molecule has 1 atom stereocenters. The molecule has 0 fully saturated rings. The fourth-order valence-electron chi connectivity index (χ4n) is 1.68. The Bertz CT molecular complexity index is 602. The van der Waals surface area contributed by atoms with Crippen LogP contribution in [0.4, 0.5) is 5.69 Å². The van der Waals surface area contributed by atoms with Crippen LogP contribution >= 0.6 is 0 Å². The van der Waals surface area contributed by atoms with E-state index in [0.717, 1.165) is 6.07 Å². The molecule has 0 aromatic heterocycles. The number of aliphatic hydroxyl groups is 1. The average molecular weight is 318 g/mol. The molecule has 9 heteroatoms. The number of nitrogens with one attached hydrogen (secondary N) is 1. The number of methoxy groups -OCH3 is 1. The van der Waals surface area contributed by atoms with E-state index in [4.69, 9.17) is 15.0 Å². The van der Waals surface area contributed by atoms with Gasteiger partial charge >= 0.3 is 5.97 Å². The smallest absolute Gasteiger partial charge is 0.337 e. The third-order valence-corrected chi connectivity index (χ3v) is 3.61. The van der Waals surface area contributed by atoms with Gasteiger partial charge in [0.05, 0.1) is 23.2 Å². The fraction of sp³-hybridized carbons (Fsp3) is 0.417. The summed E-state index contributed by atoms with van der Waals surface area (Å²) in [6, 6.07) is 3.53. The molecule has 5 N–H and O–H groups in total. The van der Waals surface area contributed by atoms with E-state index < -0.39 is 22.1 Å². The van der Waals surface area contributed by atoms with Gasteiger partial charge in [0.2, 0.25) is 10.0 Å². The SMILES string of the molecule is COCC(O)CCNc1ccc(S(N)(=O)=O)cc1C(=O)O. The molecule has 0 spiro atoms. The van der Waals surface area contributed by atoms with Crippen molar-refractivity contribution >= 4 is 21.7 Å². The number of hydrogen-bond acceptors (Lipinski definition) is 6. The first-order valence-electron chi connectivity index (χ1n) is 6.06. The zero-order valence-electron chi connectivity index (χ0n) is 11.4. The number of benzene rings is 1. The summed E-state index contributed by atoms with van der Waals surface area (Å²) < 4.78 is 27.2. The molecular weight excluding hydrogens is 300 g/mol. The van der Waals surface area contributed by atoms with Crippen LogP contribution in [0.1, 0.15) is 16.8 Å². The molecule has 0 saturated carbocycles. The van der Waals surface area contributed by atoms with Crippen LogP contribution < -0.4 is 10.5 Å². The minimum Gasteiger partial charge on any atom is -0.478 e. The van der Waals surface area contributed by atoms with Gasteiger partial charge in [0.15, 0.2) is 0 Å². The minimum atomic E-state index is -3.96. The van der Waals surface area contributed by atoms with Gasteiger partial charge in [-0.1, -0.05) is 0 Å². The maximum atomic E-state index is 11.2. The Balaban J connectivity index is 2.85. The first-order chi connectivity index (χ1) is 9.75. The second-order valence-electron chi connectivity index (χ2n) is 4.38. The van der Waals surface area contributed by atoms with Crippen LogP contribution in [0.25, 0.3) is 0 Å². The average Bonchev–Trinajstić information content (AvgIpc) is 2.37. The van der Waals surface area contributed by atoms with E-state index in [-0.39, 0.29) is 22.8 Å². The fourth-order valence-corrected chi connectivity index (χ4v) is 2.22. The molecule has 1 aromatic rings. The molecule has 0 aliphatic rings. The number of aromatic carboxylic acids is 1. The summed E-state index contributed by atoms with van der Waals surface area (Å²) in [5.74, 6) is -1.28. The Kier molecular flexibility index (Phi) is 6.09. The molecule has 1 unspecified atom stereocenters. The number of aliphatic hydroxyl groups excluding tert-OH is 1. The summed E-state index contributed by atoms with van der Waals surface area (Å²) in [5, 5.41) is 26.4. The van der Waals surface area contributed by atoms with E-state index in [1.54, 1.807) is 0 Å². The number of anilines is 1. The first kappa shape index (κ1) is 17.4. The maximum Gasteiger partial charge on any atom is 0.337 e. The predicted octanol–water partition coefficient (Wildman–Crippen LogP) is -0.158. The quantitative estimate of drug-likeness (QED) is 0.522. The van der Waals surface area contributed by atoms with Crippen LogP contribution in [-0.4, -0.2) is 51.0 Å². The number of ether oxygens (including phenoxy) is 1. The lowest BCUT2D eigenvalue weighted by atomic mass is 10.1. The standard InChI is InChI=1S/C12H18N2O6S/c1-20-7-8(15)4-5-14-11-3-2-9(21(13,18)19)6-10(11)12(16)17/h2-3,6,8,14-15H,4-5,7H2,1H3,(H,16,17)(H2,13,18,19). The molecule has 0 heterocycles. The normalized spacial score (nSPS) is 12.9. The maximum absolute atomic E-state index is 11.2. The highest BCUT2D eigenvalue weighted by atomic mass is 32.2. The van der Waals surface area contributed by atoms with Gasteiger partial charge in [-0.15, -0.1) is 0 Å². The lowest BCUT2D eigenvalue weighted by molar-refractivity contribution is 0.0615. The summed E-state index contributed by atoms with van der Waals surface area (Å²) in [6.45, 7) is 0.483. The number of rotatable bonds is 8. The van der Waals surface area contributed by atoms with Gasteiger partial charge in [-0.3, -0.25) is 0 Å². The van der Waals surface area contributed by atoms with Gasteiger partial charge in [0.25, 0.3) is 0 Å². The topological polar surface area (TPSA) is 139 Å². The molecule has 8 nitrogen and oxygen atoms in total. The van der Waals surface area contributed by atoms with Crippen molar-refractivity contribution in [3.05, 3.63) is 23.8 Å². The van der Waals surface area contributed by atoms with Crippen LogP contribution in [0.15, 0.2) is 23.1 Å². The molecular formula is C12H18N2O6S. The van der Waals surface area contributed by atoms with E-state index in [0.29, 0.717) is 13.0 Å². The third-order valence-electron chi connectivity index (χ3n) is 2.70. The van der Waals surface area contributed by atoms with E-state index in [9.17, 15) is 18.3 Å². The Labute approximate surface area is 122 Å². The van der Waals surface area contributed by atoms with Crippen molar-refractivity contribution in [2.75, 3.05) is 25.6 Å². The molecule has 1 rings (SSSR count). The van der Waals surface area contributed by atoms with Gasteiger partial charge < -0.3 is 20.3 Å². The molecule has 0 aliphatic heterocycles. The van der Waals surface area contributed by atoms with E-state index >= 15 is 0 Å². The van der Waals surface area contributed by atoms with Crippen LogP contribution in [0, 0.1) is 0 Å². The molecule has 21 heavy (non-hydrogen) atoms. The van der Waals surface area contributed by atoms with E-state index in [1.807, 2.05) is 0 Å². The zero-order chi connectivity index (χ0) is 16.0. The van der Waals surface area contributed by atoms with Crippen molar-refractivity contribution in [2.24, 2.45) is 5.14 Å². The monoisotopic (exact) mass is 318 g/mol. The molecule has 118 valence electrons. The zero-order valence-corrected chi connectivity index (χ0v) is 12.3. The van der Waals surface area contributed by atoms with E-state index in [2.05, 4.69) is 5.32 Å². The van der Waals surface area contributed by atoms with Gasteiger partial charge in [0.1, 0.15) is 0 Å². The second kappa shape index (κ2) is 7.36. The largest absolute Gasteiger partial charge is 0.478 e. The summed E-state index contributed by atoms with van der Waals surface area (Å²) in [5.41, 5.74) is 0.0438. The van der Waals surface area contributed by atoms with Crippen molar-refractivity contribution in [1.29, 1.82) is 0 Å². The van der Waals surface area contributed by atoms with Gasteiger partial charge in [0, 0.05) is 19.3 Å². The number of carboxylic acid groups (broad SMARTS) is 1. The van der Waals surface area contributed by atoms with Crippen molar-refractivity contribution in [1.82, 2.24) is 0 Å². The Morgan fingerprint density at radius 1 is 1.48 bits per heavy atom. The first-order valence-corrected chi connectivity index (χ1v) is 7.61. The number of carboxylic acids is 1. The van der Waals surface area contributed by atoms with Crippen molar-refractivity contribution < 1.29 is 28.2 Å². The van der Waals surface area contributed by atoms with E-state index in [1.165, 1.54) is 19.2 Å².